The molecule has 3 heteroatoms. The number of fused-ring (bicyclic) bond motifs is 7. The Labute approximate surface area is 353 Å². The molecule has 0 fully saturated rings. The Morgan fingerprint density at radius 3 is 1.74 bits per heavy atom. The molecule has 0 saturated heterocycles. The van der Waals surface area contributed by atoms with Gasteiger partial charge in [0.15, 0.2) is 0 Å². The van der Waals surface area contributed by atoms with Crippen LogP contribution in [0.25, 0.3) is 93.6 Å². The van der Waals surface area contributed by atoms with Gasteiger partial charge < -0.3 is 13.9 Å². The lowest BCUT2D eigenvalue weighted by molar-refractivity contribution is 0.670. The Morgan fingerprint density at radius 2 is 0.918 bits per heavy atom. The van der Waals surface area contributed by atoms with Crippen molar-refractivity contribution in [3.05, 3.63) is 231 Å². The van der Waals surface area contributed by atoms with Gasteiger partial charge in [0.2, 0.25) is 0 Å². The summed E-state index contributed by atoms with van der Waals surface area (Å²) in [5.74, 6) is 0. The van der Waals surface area contributed by atoms with Crippen molar-refractivity contribution >= 4 is 71.6 Å². The molecule has 0 saturated carbocycles. The first kappa shape index (κ1) is 34.9. The van der Waals surface area contributed by atoms with Crippen LogP contribution in [0.3, 0.4) is 0 Å². The summed E-state index contributed by atoms with van der Waals surface area (Å²) in [4.78, 5) is 2.38. The van der Waals surface area contributed by atoms with E-state index in [0.29, 0.717) is 0 Å². The van der Waals surface area contributed by atoms with E-state index in [-0.39, 0.29) is 0 Å². The number of para-hydroxylation sites is 5. The van der Waals surface area contributed by atoms with Gasteiger partial charge in [0, 0.05) is 49.4 Å². The molecule has 0 N–H and O–H groups in total. The van der Waals surface area contributed by atoms with Gasteiger partial charge in [0.25, 0.3) is 0 Å². The Bertz CT molecular complexity index is 3550. The van der Waals surface area contributed by atoms with Crippen LogP contribution in [-0.4, -0.2) is 4.57 Å². The topological polar surface area (TPSA) is 21.3 Å². The summed E-state index contributed by atoms with van der Waals surface area (Å²) in [6, 6.07) is 82.9. The summed E-state index contributed by atoms with van der Waals surface area (Å²) in [6.45, 7) is 0. The van der Waals surface area contributed by atoms with Crippen molar-refractivity contribution in [1.29, 1.82) is 0 Å². The molecule has 12 aromatic rings. The molecule has 61 heavy (non-hydrogen) atoms. The summed E-state index contributed by atoms with van der Waals surface area (Å²) in [7, 11) is 0. The highest BCUT2D eigenvalue weighted by Crippen LogP contribution is 2.43. The van der Waals surface area contributed by atoms with Gasteiger partial charge >= 0.3 is 0 Å². The Morgan fingerprint density at radius 1 is 0.344 bits per heavy atom. The van der Waals surface area contributed by atoms with Crippen molar-refractivity contribution in [3.63, 3.8) is 0 Å². The maximum atomic E-state index is 6.50. The highest BCUT2D eigenvalue weighted by atomic mass is 16.3. The molecule has 2 heterocycles. The number of furan rings is 1. The Balaban J connectivity index is 0.957. The zero-order chi connectivity index (χ0) is 40.3. The predicted molar refractivity (Wildman–Crippen MR) is 257 cm³/mol. The maximum Gasteiger partial charge on any atom is 0.143 e. The van der Waals surface area contributed by atoms with Gasteiger partial charge in [0.1, 0.15) is 11.2 Å². The number of rotatable bonds is 7. The minimum atomic E-state index is 0.900. The van der Waals surface area contributed by atoms with E-state index in [0.717, 1.165) is 61.4 Å². The van der Waals surface area contributed by atoms with Gasteiger partial charge in [-0.2, -0.15) is 0 Å². The first-order valence-corrected chi connectivity index (χ1v) is 20.8. The molecule has 2 aromatic heterocycles. The number of benzene rings is 10. The van der Waals surface area contributed by atoms with Gasteiger partial charge in [-0.3, -0.25) is 0 Å². The average Bonchev–Trinajstić information content (AvgIpc) is 3.88. The molecule has 10 aromatic carbocycles. The third-order valence-corrected chi connectivity index (χ3v) is 12.2. The predicted octanol–water partition coefficient (Wildman–Crippen LogP) is 16.3. The van der Waals surface area contributed by atoms with Crippen LogP contribution in [0.15, 0.2) is 235 Å². The Hall–Kier alpha value is -8.14. The molecule has 0 aliphatic carbocycles. The fourth-order valence-corrected chi connectivity index (χ4v) is 9.38. The molecule has 0 spiro atoms. The zero-order valence-corrected chi connectivity index (χ0v) is 33.2. The zero-order valence-electron chi connectivity index (χ0n) is 33.2. The number of hydrogen-bond acceptors (Lipinski definition) is 2. The highest BCUT2D eigenvalue weighted by Gasteiger charge is 2.19. The largest absolute Gasteiger partial charge is 0.455 e. The number of anilines is 3. The number of hydrogen-bond donors (Lipinski definition) is 0. The molecule has 0 amide bonds. The Kier molecular flexibility index (Phi) is 8.17. The van der Waals surface area contributed by atoms with E-state index in [9.17, 15) is 0 Å². The smallest absolute Gasteiger partial charge is 0.143 e. The molecule has 3 nitrogen and oxygen atoms in total. The second-order valence-electron chi connectivity index (χ2n) is 15.7. The van der Waals surface area contributed by atoms with Crippen molar-refractivity contribution in [2.24, 2.45) is 0 Å². The van der Waals surface area contributed by atoms with Gasteiger partial charge in [0.05, 0.1) is 22.4 Å². The van der Waals surface area contributed by atoms with Crippen LogP contribution >= 0.6 is 0 Å². The summed E-state index contributed by atoms with van der Waals surface area (Å²) in [5.41, 5.74) is 15.5. The first-order valence-electron chi connectivity index (χ1n) is 20.8. The molecular formula is C58H38N2O. The number of nitrogens with zero attached hydrogens (tertiary/aromatic N) is 2. The SMILES string of the molecule is c1cc(-c2ccc(N(c3cccc(-c4cccc5c4oc4ccccc45)c3)c3cccc4ccccc34)cc2)cc(-c2ccccc2-n2c3ccccc3c3ccccc32)c1. The molecule has 0 bridgehead atoms. The van der Waals surface area contributed by atoms with Crippen LogP contribution in [0.4, 0.5) is 17.1 Å². The van der Waals surface area contributed by atoms with E-state index in [2.05, 4.69) is 228 Å². The van der Waals surface area contributed by atoms with Crippen molar-refractivity contribution in [2.75, 3.05) is 4.90 Å². The van der Waals surface area contributed by atoms with Crippen LogP contribution in [0, 0.1) is 0 Å². The van der Waals surface area contributed by atoms with E-state index >= 15 is 0 Å². The third kappa shape index (κ3) is 5.82. The van der Waals surface area contributed by atoms with Crippen LogP contribution in [0.2, 0.25) is 0 Å². The van der Waals surface area contributed by atoms with Crippen molar-refractivity contribution in [2.45, 2.75) is 0 Å². The summed E-state index contributed by atoms with van der Waals surface area (Å²) in [5, 5.41) is 7.16. The monoisotopic (exact) mass is 778 g/mol. The lowest BCUT2D eigenvalue weighted by Crippen LogP contribution is -2.10. The highest BCUT2D eigenvalue weighted by molar-refractivity contribution is 6.11. The average molecular weight is 779 g/mol. The number of aromatic nitrogens is 1. The van der Waals surface area contributed by atoms with Gasteiger partial charge in [-0.25, -0.2) is 0 Å². The molecule has 0 unspecified atom stereocenters. The molecule has 0 radical (unpaired) electrons. The van der Waals surface area contributed by atoms with E-state index in [1.54, 1.807) is 0 Å². The van der Waals surface area contributed by atoms with Crippen molar-refractivity contribution in [1.82, 2.24) is 4.57 Å². The van der Waals surface area contributed by atoms with E-state index in [4.69, 9.17) is 4.42 Å². The van der Waals surface area contributed by atoms with E-state index in [1.807, 2.05) is 12.1 Å². The fraction of sp³-hybridized carbons (Fsp3) is 0. The van der Waals surface area contributed by atoms with Crippen LogP contribution < -0.4 is 4.90 Å². The summed E-state index contributed by atoms with van der Waals surface area (Å²) in [6.07, 6.45) is 0. The molecule has 0 aliphatic rings. The third-order valence-electron chi connectivity index (χ3n) is 12.2. The molecule has 286 valence electrons. The minimum absolute atomic E-state index is 0.900. The van der Waals surface area contributed by atoms with E-state index < -0.39 is 0 Å². The second kappa shape index (κ2) is 14.3. The van der Waals surface area contributed by atoms with Crippen molar-refractivity contribution < 1.29 is 4.42 Å². The molecule has 12 rings (SSSR count). The van der Waals surface area contributed by atoms with Crippen LogP contribution in [0.5, 0.6) is 0 Å². The fourth-order valence-electron chi connectivity index (χ4n) is 9.38. The summed E-state index contributed by atoms with van der Waals surface area (Å²) < 4.78 is 8.91. The summed E-state index contributed by atoms with van der Waals surface area (Å²) >= 11 is 0. The second-order valence-corrected chi connectivity index (χ2v) is 15.7. The molecule has 0 atom stereocenters. The van der Waals surface area contributed by atoms with Crippen LogP contribution in [0.1, 0.15) is 0 Å². The molecule has 0 aliphatic heterocycles. The standard InChI is InChI=1S/C58H38N2O/c1-2-21-46-40(15-1)16-13-31-53(46)59(45-20-12-19-43(38-45)48-26-14-27-52-51-25-6-10-32-57(51)61-58(48)52)44-35-33-39(34-36-44)41-17-11-18-42(37-41)47-22-3-7-28-54(47)60-55-29-8-4-23-49(55)50-24-5-9-30-56(50)60/h1-38H. The van der Waals surface area contributed by atoms with Gasteiger partial charge in [-0.15, -0.1) is 0 Å². The maximum absolute atomic E-state index is 6.50. The van der Waals surface area contributed by atoms with Gasteiger partial charge in [-0.05, 0) is 88.3 Å². The lowest BCUT2D eigenvalue weighted by Gasteiger charge is -2.27. The molecular weight excluding hydrogens is 741 g/mol. The van der Waals surface area contributed by atoms with Gasteiger partial charge in [-0.1, -0.05) is 170 Å². The normalized spacial score (nSPS) is 11.6. The van der Waals surface area contributed by atoms with E-state index in [1.165, 1.54) is 49.3 Å². The quantitative estimate of drug-likeness (QED) is 0.161. The van der Waals surface area contributed by atoms with Crippen LogP contribution in [-0.2, 0) is 0 Å². The lowest BCUT2D eigenvalue weighted by atomic mass is 9.97. The van der Waals surface area contributed by atoms with Crippen molar-refractivity contribution in [3.8, 4) is 39.1 Å². The minimum Gasteiger partial charge on any atom is -0.455 e. The first-order chi connectivity index (χ1) is 30.3.